The predicted octanol–water partition coefficient (Wildman–Crippen LogP) is 1.79. The zero-order valence-electron chi connectivity index (χ0n) is 12.3. The molecule has 1 aromatic rings. The third-order valence-electron chi connectivity index (χ3n) is 2.94. The molecule has 0 fully saturated rings. The monoisotopic (exact) mass is 374 g/mol. The molecule has 0 N–H and O–H groups in total. The van der Waals surface area contributed by atoms with E-state index in [9.17, 15) is 43.7 Å². The van der Waals surface area contributed by atoms with Crippen molar-refractivity contribution in [2.45, 2.75) is 31.2 Å². The molecule has 0 aliphatic heterocycles. The van der Waals surface area contributed by atoms with Crippen LogP contribution in [0.3, 0.4) is 0 Å². The molecule has 0 unspecified atom stereocenters. The van der Waals surface area contributed by atoms with Gasteiger partial charge in [0.1, 0.15) is 11.9 Å². The van der Waals surface area contributed by atoms with E-state index >= 15 is 0 Å². The van der Waals surface area contributed by atoms with Gasteiger partial charge in [-0.15, -0.1) is 0 Å². The molecule has 13 heteroatoms. The standard InChI is InChI=1S/C7H13N2.C3HF7O3S/c1-6-5-8(3)7(2)9(6)4;4-1(5,2(6,7)8)3(9,10)14(11,12)13/h5H,1-4H3;(H,11,12,13)/q+1;/p-1. The first-order chi connectivity index (χ1) is 9.88. The van der Waals surface area contributed by atoms with Crippen molar-refractivity contribution in [1.29, 1.82) is 0 Å². The minimum atomic E-state index is -7.10. The maximum absolute atomic E-state index is 11.8. The van der Waals surface area contributed by atoms with Crippen molar-refractivity contribution >= 4 is 10.1 Å². The lowest BCUT2D eigenvalue weighted by atomic mass is 10.3. The number of hydrogen-bond acceptors (Lipinski definition) is 3. The van der Waals surface area contributed by atoms with Crippen LogP contribution in [-0.2, 0) is 24.2 Å². The van der Waals surface area contributed by atoms with Crippen molar-refractivity contribution in [1.82, 2.24) is 4.57 Å². The number of imidazole rings is 1. The molecular weight excluding hydrogens is 361 g/mol. The summed E-state index contributed by atoms with van der Waals surface area (Å²) in [6.45, 7) is 4.21. The summed E-state index contributed by atoms with van der Waals surface area (Å²) in [6, 6.07) is 0. The van der Waals surface area contributed by atoms with E-state index in [1.165, 1.54) is 11.5 Å². The third kappa shape index (κ3) is 4.13. The lowest BCUT2D eigenvalue weighted by molar-refractivity contribution is -0.677. The number of aryl methyl sites for hydroxylation is 2. The van der Waals surface area contributed by atoms with E-state index in [2.05, 4.69) is 43.3 Å². The zero-order chi connectivity index (χ0) is 19.0. The summed E-state index contributed by atoms with van der Waals surface area (Å²) in [7, 11) is -2.96. The molecular formula is C10H13F7N2O3S. The molecule has 0 radical (unpaired) electrons. The van der Waals surface area contributed by atoms with E-state index in [0.29, 0.717) is 0 Å². The van der Waals surface area contributed by atoms with Crippen LogP contribution in [0, 0.1) is 13.8 Å². The highest BCUT2D eigenvalue weighted by molar-refractivity contribution is 7.86. The normalized spacial score (nSPS) is 13.6. The number of hydrogen-bond donors (Lipinski definition) is 0. The van der Waals surface area contributed by atoms with Crippen LogP contribution in [0.1, 0.15) is 11.5 Å². The van der Waals surface area contributed by atoms with Gasteiger partial charge in [-0.3, -0.25) is 0 Å². The van der Waals surface area contributed by atoms with Crippen molar-refractivity contribution in [2.24, 2.45) is 14.1 Å². The van der Waals surface area contributed by atoms with Gasteiger partial charge in [0.05, 0.1) is 14.1 Å². The van der Waals surface area contributed by atoms with Gasteiger partial charge in [0, 0.05) is 13.8 Å². The largest absolute Gasteiger partial charge is 0.743 e. The molecule has 0 saturated heterocycles. The van der Waals surface area contributed by atoms with Crippen molar-refractivity contribution < 1.29 is 48.3 Å². The first-order valence-corrected chi connectivity index (χ1v) is 7.05. The van der Waals surface area contributed by atoms with Crippen LogP contribution < -0.4 is 4.57 Å². The van der Waals surface area contributed by atoms with Gasteiger partial charge in [-0.05, 0) is 0 Å². The van der Waals surface area contributed by atoms with Gasteiger partial charge in [-0.1, -0.05) is 0 Å². The first kappa shape index (κ1) is 21.6. The summed E-state index contributed by atoms with van der Waals surface area (Å²) < 4.78 is 114. The van der Waals surface area contributed by atoms with E-state index in [-0.39, 0.29) is 0 Å². The van der Waals surface area contributed by atoms with Crippen molar-refractivity contribution in [2.75, 3.05) is 0 Å². The Morgan fingerprint density at radius 3 is 1.57 bits per heavy atom. The number of halogens is 7. The minimum Gasteiger partial charge on any atom is -0.743 e. The highest BCUT2D eigenvalue weighted by Crippen LogP contribution is 2.48. The van der Waals surface area contributed by atoms with Gasteiger partial charge in [0.15, 0.2) is 10.1 Å². The second-order valence-electron chi connectivity index (χ2n) is 4.53. The Morgan fingerprint density at radius 1 is 1.09 bits per heavy atom. The van der Waals surface area contributed by atoms with E-state index < -0.39 is 27.5 Å². The summed E-state index contributed by atoms with van der Waals surface area (Å²) in [5, 5.41) is -6.72. The maximum Gasteiger partial charge on any atom is 0.461 e. The fourth-order valence-corrected chi connectivity index (χ4v) is 1.70. The highest BCUT2D eigenvalue weighted by Gasteiger charge is 2.76. The zero-order valence-corrected chi connectivity index (χ0v) is 13.1. The molecule has 0 aliphatic rings. The molecule has 23 heavy (non-hydrogen) atoms. The lowest BCUT2D eigenvalue weighted by Crippen LogP contribution is -2.55. The smallest absolute Gasteiger partial charge is 0.461 e. The van der Waals surface area contributed by atoms with Crippen LogP contribution in [0.2, 0.25) is 0 Å². The minimum absolute atomic E-state index is 1.28. The molecule has 0 spiro atoms. The van der Waals surface area contributed by atoms with Crippen molar-refractivity contribution in [3.8, 4) is 0 Å². The van der Waals surface area contributed by atoms with E-state index in [1.807, 2.05) is 0 Å². The Hall–Kier alpha value is -1.37. The van der Waals surface area contributed by atoms with Crippen LogP contribution in [0.5, 0.6) is 0 Å². The Balaban J connectivity index is 0.000000459. The molecule has 0 bridgehead atoms. The highest BCUT2D eigenvalue weighted by atomic mass is 32.2. The first-order valence-electron chi connectivity index (χ1n) is 5.64. The van der Waals surface area contributed by atoms with Gasteiger partial charge < -0.3 is 4.55 Å². The quantitative estimate of drug-likeness (QED) is 0.450. The fourth-order valence-electron chi connectivity index (χ4n) is 1.27. The average Bonchev–Trinajstić information content (AvgIpc) is 2.54. The van der Waals surface area contributed by atoms with Crippen LogP contribution in [-0.4, -0.2) is 34.9 Å². The molecule has 1 aromatic heterocycles. The van der Waals surface area contributed by atoms with Gasteiger partial charge >= 0.3 is 17.4 Å². The number of aromatic nitrogens is 2. The Kier molecular flexibility index (Phi) is 5.89. The molecule has 136 valence electrons. The van der Waals surface area contributed by atoms with Crippen LogP contribution >= 0.6 is 0 Å². The summed E-state index contributed by atoms with van der Waals surface area (Å²) in [6.07, 6.45) is -4.71. The van der Waals surface area contributed by atoms with E-state index in [4.69, 9.17) is 0 Å². The maximum atomic E-state index is 11.8. The predicted molar refractivity (Wildman–Crippen MR) is 61.7 cm³/mol. The molecule has 0 amide bonds. The number of alkyl halides is 7. The molecule has 0 aliphatic carbocycles. The third-order valence-corrected chi connectivity index (χ3v) is 3.83. The van der Waals surface area contributed by atoms with Crippen molar-refractivity contribution in [3.05, 3.63) is 17.7 Å². The Morgan fingerprint density at radius 2 is 1.48 bits per heavy atom. The van der Waals surface area contributed by atoms with Gasteiger partial charge in [0.2, 0.25) is 0 Å². The molecule has 0 atom stereocenters. The van der Waals surface area contributed by atoms with Gasteiger partial charge in [0.25, 0.3) is 5.82 Å². The fraction of sp³-hybridized carbons (Fsp3) is 0.700. The summed E-state index contributed by atoms with van der Waals surface area (Å²) >= 11 is 0. The molecule has 1 rings (SSSR count). The SMILES string of the molecule is Cc1c[n+](C)c(C)n1C.O=S(=O)([O-])C(F)(F)C(F)(F)C(F)(F)F. The number of rotatable bonds is 2. The summed E-state index contributed by atoms with van der Waals surface area (Å²) in [5.74, 6) is -5.63. The van der Waals surface area contributed by atoms with Crippen LogP contribution in [0.15, 0.2) is 6.20 Å². The summed E-state index contributed by atoms with van der Waals surface area (Å²) in [4.78, 5) is 0. The lowest BCUT2D eigenvalue weighted by Gasteiger charge is -2.29. The summed E-state index contributed by atoms with van der Waals surface area (Å²) in [5.41, 5.74) is 1.30. The molecule has 0 saturated carbocycles. The number of nitrogens with zero attached hydrogens (tertiary/aromatic N) is 2. The van der Waals surface area contributed by atoms with E-state index in [1.54, 1.807) is 0 Å². The molecule has 1 heterocycles. The second kappa shape index (κ2) is 6.26. The molecule has 0 aromatic carbocycles. The topological polar surface area (TPSA) is 66.0 Å². The van der Waals surface area contributed by atoms with Crippen LogP contribution in [0.25, 0.3) is 0 Å². The molecule has 5 nitrogen and oxygen atoms in total. The van der Waals surface area contributed by atoms with Crippen molar-refractivity contribution in [3.63, 3.8) is 0 Å². The van der Waals surface area contributed by atoms with Crippen LogP contribution in [0.4, 0.5) is 30.7 Å². The Labute approximate surface area is 127 Å². The second-order valence-corrected chi connectivity index (χ2v) is 5.95. The Bertz CT molecular complexity index is 642. The average molecular weight is 374 g/mol. The van der Waals surface area contributed by atoms with Gasteiger partial charge in [-0.25, -0.2) is 17.6 Å². The van der Waals surface area contributed by atoms with E-state index in [0.717, 1.165) is 0 Å². The van der Waals surface area contributed by atoms with Gasteiger partial charge in [-0.2, -0.15) is 30.7 Å².